The zero-order valence-corrected chi connectivity index (χ0v) is 11.1. The third-order valence-electron chi connectivity index (χ3n) is 2.16. The lowest BCUT2D eigenvalue weighted by atomic mass is 10.1. The maximum absolute atomic E-state index is 11.6. The quantitative estimate of drug-likeness (QED) is 0.816. The van der Waals surface area contributed by atoms with Crippen molar-refractivity contribution in [2.75, 3.05) is 13.2 Å². The first-order valence-electron chi connectivity index (χ1n) is 5.93. The lowest BCUT2D eigenvalue weighted by Gasteiger charge is -2.19. The third-order valence-corrected chi connectivity index (χ3v) is 2.16. The number of rotatable bonds is 5. The highest BCUT2D eigenvalue weighted by Crippen LogP contribution is 2.13. The molecule has 4 heteroatoms. The van der Waals surface area contributed by atoms with E-state index in [9.17, 15) is 4.79 Å². The van der Waals surface area contributed by atoms with Gasteiger partial charge in [-0.2, -0.15) is 0 Å². The van der Waals surface area contributed by atoms with Crippen LogP contribution in [0.3, 0.4) is 0 Å². The molecule has 0 aliphatic heterocycles. The zero-order valence-electron chi connectivity index (χ0n) is 11.1. The molecule has 0 aliphatic carbocycles. The molecule has 0 radical (unpaired) electrons. The second-order valence-electron chi connectivity index (χ2n) is 4.96. The van der Waals surface area contributed by atoms with Crippen molar-refractivity contribution in [1.29, 1.82) is 0 Å². The first-order valence-corrected chi connectivity index (χ1v) is 5.93. The Morgan fingerprint density at radius 2 is 2.06 bits per heavy atom. The molecule has 100 valence electrons. The molecule has 0 saturated carbocycles. The Kier molecular flexibility index (Phi) is 5.31. The molecular formula is C14H20O4. The molecule has 0 spiro atoms. The molecule has 1 aromatic rings. The maximum Gasteiger partial charge on any atom is 0.338 e. The number of hydrogen-bond acceptors (Lipinski definition) is 4. The van der Waals surface area contributed by atoms with Gasteiger partial charge >= 0.3 is 5.97 Å². The van der Waals surface area contributed by atoms with Gasteiger partial charge in [0, 0.05) is 0 Å². The topological polar surface area (TPSA) is 55.8 Å². The van der Waals surface area contributed by atoms with Crippen molar-refractivity contribution < 1.29 is 19.4 Å². The predicted octanol–water partition coefficient (Wildman–Crippen LogP) is 2.15. The van der Waals surface area contributed by atoms with Crippen LogP contribution in [0.1, 0.15) is 36.7 Å². The summed E-state index contributed by atoms with van der Waals surface area (Å²) in [6.45, 7) is 6.23. The summed E-state index contributed by atoms with van der Waals surface area (Å²) in [6.07, 6.45) is 0. The molecule has 1 N–H and O–H groups in total. The Labute approximate surface area is 108 Å². The Hall–Kier alpha value is -1.39. The smallest absolute Gasteiger partial charge is 0.338 e. The molecule has 0 heterocycles. The van der Waals surface area contributed by atoms with Crippen LogP contribution in [0.2, 0.25) is 0 Å². The number of esters is 1. The van der Waals surface area contributed by atoms with Crippen LogP contribution in [0.4, 0.5) is 0 Å². The second-order valence-corrected chi connectivity index (χ2v) is 4.96. The molecule has 4 nitrogen and oxygen atoms in total. The molecule has 1 aromatic carbocycles. The van der Waals surface area contributed by atoms with E-state index in [-0.39, 0.29) is 18.8 Å². The Morgan fingerprint density at radius 3 is 2.67 bits per heavy atom. The molecular weight excluding hydrogens is 232 g/mol. The Bertz CT molecular complexity index is 393. The van der Waals surface area contributed by atoms with Crippen molar-refractivity contribution in [2.24, 2.45) is 0 Å². The van der Waals surface area contributed by atoms with Crippen LogP contribution in [0.5, 0.6) is 0 Å². The molecule has 18 heavy (non-hydrogen) atoms. The van der Waals surface area contributed by atoms with Gasteiger partial charge in [-0.1, -0.05) is 12.1 Å². The monoisotopic (exact) mass is 252 g/mol. The second kappa shape index (κ2) is 6.52. The average molecular weight is 252 g/mol. The minimum absolute atomic E-state index is 0.0154. The van der Waals surface area contributed by atoms with Crippen molar-refractivity contribution in [2.45, 2.75) is 33.0 Å². The van der Waals surface area contributed by atoms with Crippen LogP contribution in [0, 0.1) is 0 Å². The van der Waals surface area contributed by atoms with E-state index in [0.29, 0.717) is 12.2 Å². The lowest BCUT2D eigenvalue weighted by Crippen LogP contribution is -2.18. The van der Waals surface area contributed by atoms with Gasteiger partial charge in [0.2, 0.25) is 0 Å². The van der Waals surface area contributed by atoms with Gasteiger partial charge in [0.15, 0.2) is 0 Å². The summed E-state index contributed by atoms with van der Waals surface area (Å²) >= 11 is 0. The van der Waals surface area contributed by atoms with Crippen LogP contribution >= 0.6 is 0 Å². The molecule has 0 atom stereocenters. The minimum atomic E-state index is -0.429. The summed E-state index contributed by atoms with van der Waals surface area (Å²) in [6, 6.07) is 7.11. The third kappa shape index (κ3) is 5.29. The molecule has 0 bridgehead atoms. The number of ether oxygens (including phenoxy) is 2. The Balaban J connectivity index is 2.64. The van der Waals surface area contributed by atoms with Gasteiger partial charge in [0.05, 0.1) is 24.4 Å². The van der Waals surface area contributed by atoms with Crippen molar-refractivity contribution in [3.05, 3.63) is 35.4 Å². The van der Waals surface area contributed by atoms with Gasteiger partial charge in [0.25, 0.3) is 0 Å². The number of benzene rings is 1. The van der Waals surface area contributed by atoms with E-state index < -0.39 is 5.97 Å². The van der Waals surface area contributed by atoms with Crippen LogP contribution in [-0.2, 0) is 16.1 Å². The number of hydrogen-bond donors (Lipinski definition) is 1. The van der Waals surface area contributed by atoms with Crippen LogP contribution < -0.4 is 0 Å². The van der Waals surface area contributed by atoms with Crippen molar-refractivity contribution in [1.82, 2.24) is 0 Å². The van der Waals surface area contributed by atoms with Crippen molar-refractivity contribution in [3.63, 3.8) is 0 Å². The summed E-state index contributed by atoms with van der Waals surface area (Å²) in [5, 5.41) is 8.59. The van der Waals surface area contributed by atoms with E-state index in [1.54, 1.807) is 18.2 Å². The maximum atomic E-state index is 11.6. The van der Waals surface area contributed by atoms with Crippen LogP contribution in [-0.4, -0.2) is 29.9 Å². The van der Waals surface area contributed by atoms with E-state index >= 15 is 0 Å². The first-order chi connectivity index (χ1) is 8.42. The molecule has 1 rings (SSSR count). The highest BCUT2D eigenvalue weighted by atomic mass is 16.5. The van der Waals surface area contributed by atoms with Gasteiger partial charge < -0.3 is 14.6 Å². The van der Waals surface area contributed by atoms with Gasteiger partial charge in [0.1, 0.15) is 6.61 Å². The summed E-state index contributed by atoms with van der Waals surface area (Å²) < 4.78 is 10.5. The fourth-order valence-corrected chi connectivity index (χ4v) is 1.31. The SMILES string of the molecule is CC(C)(C)OCc1cccc(C(=O)OCCO)c1. The van der Waals surface area contributed by atoms with Gasteiger partial charge in [-0.05, 0) is 38.5 Å². The van der Waals surface area contributed by atoms with Crippen LogP contribution in [0.25, 0.3) is 0 Å². The fourth-order valence-electron chi connectivity index (χ4n) is 1.31. The molecule has 0 amide bonds. The number of carbonyl (C=O) groups excluding carboxylic acids is 1. The normalized spacial score (nSPS) is 11.3. The molecule has 0 aromatic heterocycles. The van der Waals surface area contributed by atoms with E-state index in [1.165, 1.54) is 0 Å². The van der Waals surface area contributed by atoms with Crippen LogP contribution in [0.15, 0.2) is 24.3 Å². The summed E-state index contributed by atoms with van der Waals surface area (Å²) in [4.78, 5) is 11.6. The summed E-state index contributed by atoms with van der Waals surface area (Å²) in [5.74, 6) is -0.429. The van der Waals surface area contributed by atoms with E-state index in [2.05, 4.69) is 0 Å². The number of aliphatic hydroxyl groups excluding tert-OH is 1. The lowest BCUT2D eigenvalue weighted by molar-refractivity contribution is -0.0149. The predicted molar refractivity (Wildman–Crippen MR) is 68.4 cm³/mol. The number of carbonyl (C=O) groups is 1. The highest BCUT2D eigenvalue weighted by Gasteiger charge is 2.11. The standard InChI is InChI=1S/C14H20O4/c1-14(2,3)18-10-11-5-4-6-12(9-11)13(16)17-8-7-15/h4-6,9,15H,7-8,10H2,1-3H3. The first kappa shape index (κ1) is 14.7. The van der Waals surface area contributed by atoms with Gasteiger partial charge in [-0.25, -0.2) is 4.79 Å². The molecule has 0 unspecified atom stereocenters. The fraction of sp³-hybridized carbons (Fsp3) is 0.500. The minimum Gasteiger partial charge on any atom is -0.460 e. The summed E-state index contributed by atoms with van der Waals surface area (Å²) in [7, 11) is 0. The zero-order chi connectivity index (χ0) is 13.6. The van der Waals surface area contributed by atoms with Crippen molar-refractivity contribution in [3.8, 4) is 0 Å². The number of aliphatic hydroxyl groups is 1. The van der Waals surface area contributed by atoms with E-state index in [0.717, 1.165) is 5.56 Å². The van der Waals surface area contributed by atoms with E-state index in [4.69, 9.17) is 14.6 Å². The highest BCUT2D eigenvalue weighted by molar-refractivity contribution is 5.89. The Morgan fingerprint density at radius 1 is 1.33 bits per heavy atom. The summed E-state index contributed by atoms with van der Waals surface area (Å²) in [5.41, 5.74) is 1.18. The molecule has 0 fully saturated rings. The molecule has 0 aliphatic rings. The average Bonchev–Trinajstić information content (AvgIpc) is 2.33. The largest absolute Gasteiger partial charge is 0.460 e. The van der Waals surface area contributed by atoms with E-state index in [1.807, 2.05) is 26.8 Å². The molecule has 0 saturated heterocycles. The van der Waals surface area contributed by atoms with Gasteiger partial charge in [-0.15, -0.1) is 0 Å². The van der Waals surface area contributed by atoms with Gasteiger partial charge in [-0.3, -0.25) is 0 Å². The van der Waals surface area contributed by atoms with Crippen molar-refractivity contribution >= 4 is 5.97 Å².